The molecule has 0 saturated carbocycles. The third-order valence-electron chi connectivity index (χ3n) is 5.36. The molecule has 0 bridgehead atoms. The number of nitrogens with one attached hydrogen (secondary N) is 1. The molecule has 0 saturated heterocycles. The summed E-state index contributed by atoms with van der Waals surface area (Å²) in [5, 5.41) is 17.1. The minimum Gasteiger partial charge on any atom is -0.481 e. The molecule has 4 rings (SSSR count). The van der Waals surface area contributed by atoms with Gasteiger partial charge in [-0.3, -0.25) is 15.2 Å². The molecule has 0 aliphatic carbocycles. The number of amidine groups is 1. The minimum absolute atomic E-state index is 0.0357. The van der Waals surface area contributed by atoms with E-state index in [-0.39, 0.29) is 12.3 Å². The van der Waals surface area contributed by atoms with Crippen LogP contribution in [0, 0.1) is 5.41 Å². The average molecular weight is 453 g/mol. The number of carboxylic acid groups (broad SMARTS) is 1. The first-order valence-corrected chi connectivity index (χ1v) is 10.7. The molecule has 170 valence electrons. The maximum Gasteiger partial charge on any atom is 0.303 e. The summed E-state index contributed by atoms with van der Waals surface area (Å²) in [7, 11) is 0. The zero-order chi connectivity index (χ0) is 24.1. The van der Waals surface area contributed by atoms with Gasteiger partial charge < -0.3 is 21.3 Å². The molecule has 7 heteroatoms. The maximum absolute atomic E-state index is 10.9. The molecule has 1 aromatic heterocycles. The molecule has 0 aliphatic heterocycles. The van der Waals surface area contributed by atoms with E-state index in [0.29, 0.717) is 34.7 Å². The Kier molecular flexibility index (Phi) is 6.54. The molecule has 0 unspecified atom stereocenters. The van der Waals surface area contributed by atoms with Crippen LogP contribution in [0.3, 0.4) is 0 Å². The van der Waals surface area contributed by atoms with Gasteiger partial charge in [0.2, 0.25) is 0 Å². The second-order valence-electron chi connectivity index (χ2n) is 7.76. The second kappa shape index (κ2) is 9.87. The van der Waals surface area contributed by atoms with Gasteiger partial charge in [-0.05, 0) is 47.9 Å². The summed E-state index contributed by atoms with van der Waals surface area (Å²) in [5.74, 6) is 0.393. The number of nitrogen functional groups attached to an aromatic ring is 2. The number of ether oxygens (including phenoxy) is 1. The van der Waals surface area contributed by atoms with Crippen molar-refractivity contribution >= 4 is 17.5 Å². The Morgan fingerprint density at radius 1 is 0.941 bits per heavy atom. The van der Waals surface area contributed by atoms with Gasteiger partial charge in [-0.25, -0.2) is 0 Å². The van der Waals surface area contributed by atoms with Gasteiger partial charge in [0.15, 0.2) is 0 Å². The molecule has 0 fully saturated rings. The van der Waals surface area contributed by atoms with E-state index in [1.54, 1.807) is 6.20 Å². The molecule has 4 aromatic rings. The Labute approximate surface area is 197 Å². The summed E-state index contributed by atoms with van der Waals surface area (Å²) in [6.45, 7) is 0. The van der Waals surface area contributed by atoms with E-state index in [4.69, 9.17) is 26.7 Å². The summed E-state index contributed by atoms with van der Waals surface area (Å²) in [5.41, 5.74) is 16.6. The van der Waals surface area contributed by atoms with Crippen LogP contribution in [-0.2, 0) is 11.2 Å². The van der Waals surface area contributed by atoms with Crippen molar-refractivity contribution in [2.45, 2.75) is 12.8 Å². The van der Waals surface area contributed by atoms with Crippen molar-refractivity contribution in [2.75, 3.05) is 5.73 Å². The largest absolute Gasteiger partial charge is 0.481 e. The highest BCUT2D eigenvalue weighted by Crippen LogP contribution is 2.35. The summed E-state index contributed by atoms with van der Waals surface area (Å²) >= 11 is 0. The number of carbonyl (C=O) groups is 1. The number of rotatable bonds is 8. The Morgan fingerprint density at radius 2 is 1.65 bits per heavy atom. The number of hydrogen-bond donors (Lipinski definition) is 4. The predicted molar refractivity (Wildman–Crippen MR) is 133 cm³/mol. The fraction of sp³-hybridized carbons (Fsp3) is 0.0741. The fourth-order valence-corrected chi connectivity index (χ4v) is 3.72. The van der Waals surface area contributed by atoms with Crippen molar-refractivity contribution in [3.8, 4) is 33.9 Å². The van der Waals surface area contributed by atoms with E-state index in [9.17, 15) is 4.79 Å². The van der Waals surface area contributed by atoms with Gasteiger partial charge in [0.05, 0.1) is 16.9 Å². The van der Waals surface area contributed by atoms with E-state index in [0.717, 1.165) is 22.4 Å². The molecule has 0 atom stereocenters. The first-order chi connectivity index (χ1) is 16.4. The normalized spacial score (nSPS) is 10.6. The number of hydrogen-bond acceptors (Lipinski definition) is 5. The number of nitrogens with two attached hydrogens (primary N) is 2. The van der Waals surface area contributed by atoms with Crippen molar-refractivity contribution in [3.63, 3.8) is 0 Å². The van der Waals surface area contributed by atoms with Crippen LogP contribution >= 0.6 is 0 Å². The summed E-state index contributed by atoms with van der Waals surface area (Å²) in [4.78, 5) is 15.5. The second-order valence-corrected chi connectivity index (χ2v) is 7.76. The van der Waals surface area contributed by atoms with Crippen molar-refractivity contribution in [2.24, 2.45) is 5.73 Å². The summed E-state index contributed by atoms with van der Waals surface area (Å²) in [6.07, 6.45) is 2.09. The molecule has 0 spiro atoms. The minimum atomic E-state index is -0.855. The standard InChI is InChI=1S/C27H24N4O3/c28-25-24(27(29)30)22(18-10-12-21(13-11-18)34-20-7-2-1-3-8-20)16-31-26(25)19-6-4-5-17(15-19)9-14-23(32)33/h1-8,10-13,15-16H,9,14,28H2,(H3,29,30)(H,32,33). The molecule has 34 heavy (non-hydrogen) atoms. The highest BCUT2D eigenvalue weighted by atomic mass is 16.5. The lowest BCUT2D eigenvalue weighted by atomic mass is 9.96. The topological polar surface area (TPSA) is 135 Å². The number of aromatic nitrogens is 1. The van der Waals surface area contributed by atoms with Crippen LogP contribution in [-0.4, -0.2) is 21.9 Å². The molecular formula is C27H24N4O3. The van der Waals surface area contributed by atoms with E-state index in [1.807, 2.05) is 78.9 Å². The van der Waals surface area contributed by atoms with Crippen molar-refractivity contribution in [1.82, 2.24) is 4.98 Å². The number of nitrogens with zero attached hydrogens (tertiary/aromatic N) is 1. The molecule has 7 nitrogen and oxygen atoms in total. The molecule has 6 N–H and O–H groups in total. The van der Waals surface area contributed by atoms with Crippen LogP contribution < -0.4 is 16.2 Å². The first-order valence-electron chi connectivity index (χ1n) is 10.7. The lowest BCUT2D eigenvalue weighted by Crippen LogP contribution is -2.16. The van der Waals surface area contributed by atoms with E-state index in [2.05, 4.69) is 4.98 Å². The van der Waals surface area contributed by atoms with Crippen LogP contribution in [0.2, 0.25) is 0 Å². The molecule has 3 aromatic carbocycles. The molecule has 0 amide bonds. The van der Waals surface area contributed by atoms with Crippen molar-refractivity contribution < 1.29 is 14.6 Å². The lowest BCUT2D eigenvalue weighted by molar-refractivity contribution is -0.136. The van der Waals surface area contributed by atoms with Gasteiger partial charge in [0.1, 0.15) is 17.3 Å². The predicted octanol–water partition coefficient (Wildman–Crippen LogP) is 5.09. The van der Waals surface area contributed by atoms with Gasteiger partial charge in [-0.1, -0.05) is 48.5 Å². The van der Waals surface area contributed by atoms with Gasteiger partial charge >= 0.3 is 5.97 Å². The Hall–Kier alpha value is -4.65. The number of benzene rings is 3. The van der Waals surface area contributed by atoms with Crippen LogP contribution in [0.4, 0.5) is 5.69 Å². The number of anilines is 1. The zero-order valence-corrected chi connectivity index (χ0v) is 18.4. The summed E-state index contributed by atoms with van der Waals surface area (Å²) < 4.78 is 5.85. The van der Waals surface area contributed by atoms with Gasteiger partial charge in [-0.2, -0.15) is 0 Å². The SMILES string of the molecule is N=C(N)c1c(-c2ccc(Oc3ccccc3)cc2)cnc(-c2cccc(CCC(=O)O)c2)c1N. The van der Waals surface area contributed by atoms with Gasteiger partial charge in [0, 0.05) is 23.7 Å². The highest BCUT2D eigenvalue weighted by molar-refractivity contribution is 6.08. The van der Waals surface area contributed by atoms with Crippen molar-refractivity contribution in [3.05, 3.63) is 96.2 Å². The number of carboxylic acids is 1. The van der Waals surface area contributed by atoms with Gasteiger partial charge in [-0.15, -0.1) is 0 Å². The number of aryl methyl sites for hydroxylation is 1. The molecule has 0 aliphatic rings. The van der Waals surface area contributed by atoms with Crippen LogP contribution in [0.25, 0.3) is 22.4 Å². The Balaban J connectivity index is 1.67. The molecule has 1 heterocycles. The fourth-order valence-electron chi connectivity index (χ4n) is 3.72. The smallest absolute Gasteiger partial charge is 0.303 e. The summed E-state index contributed by atoms with van der Waals surface area (Å²) in [6, 6.07) is 24.3. The van der Waals surface area contributed by atoms with E-state index in [1.165, 1.54) is 0 Å². The van der Waals surface area contributed by atoms with Crippen molar-refractivity contribution in [1.29, 1.82) is 5.41 Å². The quantitative estimate of drug-likeness (QED) is 0.217. The average Bonchev–Trinajstić information content (AvgIpc) is 2.83. The Bertz CT molecular complexity index is 1340. The number of pyridine rings is 1. The lowest BCUT2D eigenvalue weighted by Gasteiger charge is -2.15. The monoisotopic (exact) mass is 452 g/mol. The zero-order valence-electron chi connectivity index (χ0n) is 18.4. The van der Waals surface area contributed by atoms with Crippen LogP contribution in [0.1, 0.15) is 17.5 Å². The Morgan fingerprint density at radius 3 is 2.32 bits per heavy atom. The molecule has 0 radical (unpaired) electrons. The molecular weight excluding hydrogens is 428 g/mol. The first kappa shape index (κ1) is 22.5. The third kappa shape index (κ3) is 5.05. The van der Waals surface area contributed by atoms with Crippen LogP contribution in [0.15, 0.2) is 85.1 Å². The number of para-hydroxylation sites is 1. The maximum atomic E-state index is 10.9. The highest BCUT2D eigenvalue weighted by Gasteiger charge is 2.18. The van der Waals surface area contributed by atoms with E-state index < -0.39 is 5.97 Å². The van der Waals surface area contributed by atoms with Gasteiger partial charge in [0.25, 0.3) is 0 Å². The third-order valence-corrected chi connectivity index (χ3v) is 5.36. The van der Waals surface area contributed by atoms with E-state index >= 15 is 0 Å². The van der Waals surface area contributed by atoms with Crippen LogP contribution in [0.5, 0.6) is 11.5 Å². The number of aliphatic carboxylic acids is 1.